The molecule has 188 valence electrons. The summed E-state index contributed by atoms with van der Waals surface area (Å²) in [5.74, 6) is -0.430. The van der Waals surface area contributed by atoms with E-state index in [0.29, 0.717) is 11.3 Å². The molecule has 4 heterocycles. The van der Waals surface area contributed by atoms with E-state index in [9.17, 15) is 14.4 Å². The van der Waals surface area contributed by atoms with Crippen LogP contribution in [0.3, 0.4) is 0 Å². The van der Waals surface area contributed by atoms with Crippen molar-refractivity contribution in [3.05, 3.63) is 29.8 Å². The summed E-state index contributed by atoms with van der Waals surface area (Å²) < 4.78 is 0. The van der Waals surface area contributed by atoms with Crippen LogP contribution in [0, 0.1) is 0 Å². The monoisotopic (exact) mass is 497 g/mol. The molecule has 0 spiro atoms. The van der Waals surface area contributed by atoms with Crippen molar-refractivity contribution in [3.8, 4) is 0 Å². The molecule has 5 rings (SSSR count). The fourth-order valence-corrected chi connectivity index (χ4v) is 6.68. The highest BCUT2D eigenvalue weighted by atomic mass is 32.2. The lowest BCUT2D eigenvalue weighted by Gasteiger charge is -2.28. The summed E-state index contributed by atoms with van der Waals surface area (Å²) in [5.41, 5.74) is 1.18. The highest BCUT2D eigenvalue weighted by Gasteiger charge is 2.34. The molecule has 0 aromatic heterocycles. The van der Waals surface area contributed by atoms with E-state index < -0.39 is 5.25 Å². The second kappa shape index (κ2) is 11.1. The van der Waals surface area contributed by atoms with Crippen LogP contribution in [0.4, 0.5) is 5.69 Å². The predicted molar refractivity (Wildman–Crippen MR) is 139 cm³/mol. The number of amides is 3. The van der Waals surface area contributed by atoms with Gasteiger partial charge in [0.2, 0.25) is 5.91 Å². The Labute approximate surface area is 211 Å². The minimum atomic E-state index is -0.479. The maximum Gasteiger partial charge on any atom is 0.262 e. The molecule has 3 saturated heterocycles. The van der Waals surface area contributed by atoms with E-state index in [1.165, 1.54) is 31.0 Å². The number of hydrogen-bond donors (Lipinski definition) is 1. The fraction of sp³-hybridized carbons (Fsp3) is 0.615. The highest BCUT2D eigenvalue weighted by Crippen LogP contribution is 2.29. The Balaban J connectivity index is 1.16. The first-order chi connectivity index (χ1) is 17.1. The van der Waals surface area contributed by atoms with Gasteiger partial charge in [0.1, 0.15) is 5.25 Å². The van der Waals surface area contributed by atoms with Crippen LogP contribution in [0.15, 0.2) is 29.3 Å². The fourth-order valence-electron chi connectivity index (χ4n) is 5.56. The van der Waals surface area contributed by atoms with E-state index in [1.54, 1.807) is 18.2 Å². The van der Waals surface area contributed by atoms with Crippen LogP contribution in [0.2, 0.25) is 0 Å². The number of anilines is 1. The van der Waals surface area contributed by atoms with E-state index in [1.807, 2.05) is 11.0 Å². The summed E-state index contributed by atoms with van der Waals surface area (Å²) >= 11 is 1.40. The number of aliphatic imine (C=N–C) groups is 1. The maximum absolute atomic E-state index is 13.3. The molecule has 35 heavy (non-hydrogen) atoms. The summed E-state index contributed by atoms with van der Waals surface area (Å²) in [6, 6.07) is 7.43. The standard InChI is InChI=1S/C26H35N5O3S/c32-23(17-22-24(33)28-26(35-22)30-13-2-1-3-14-30)27-20-9-6-8-19(16-20)25(34)31-15-7-10-21(31)18-29-11-4-5-12-29/h6,8-9,16,21-22H,1-5,7,10-15,17-18H2,(H,27,32). The summed E-state index contributed by atoms with van der Waals surface area (Å²) in [5, 5.41) is 3.17. The third-order valence-corrected chi connectivity index (χ3v) is 8.64. The van der Waals surface area contributed by atoms with Gasteiger partial charge in [-0.1, -0.05) is 17.8 Å². The van der Waals surface area contributed by atoms with Gasteiger partial charge in [0.15, 0.2) is 5.17 Å². The third-order valence-electron chi connectivity index (χ3n) is 7.43. The number of thioether (sulfide) groups is 1. The summed E-state index contributed by atoms with van der Waals surface area (Å²) in [7, 11) is 0. The van der Waals surface area contributed by atoms with E-state index >= 15 is 0 Å². The largest absolute Gasteiger partial charge is 0.351 e. The second-order valence-electron chi connectivity index (χ2n) is 10.0. The van der Waals surface area contributed by atoms with Crippen molar-refractivity contribution in [2.75, 3.05) is 44.6 Å². The molecule has 4 aliphatic heterocycles. The maximum atomic E-state index is 13.3. The lowest BCUT2D eigenvalue weighted by molar-refractivity contribution is -0.121. The molecule has 3 amide bonds. The molecule has 1 N–H and O–H groups in total. The first-order valence-corrected chi connectivity index (χ1v) is 13.9. The van der Waals surface area contributed by atoms with Gasteiger partial charge in [-0.15, -0.1) is 0 Å². The summed E-state index contributed by atoms with van der Waals surface area (Å²) in [6.45, 7) is 5.85. The molecular formula is C26H35N5O3S. The van der Waals surface area contributed by atoms with Gasteiger partial charge in [0.05, 0.1) is 0 Å². The van der Waals surface area contributed by atoms with Gasteiger partial charge >= 0.3 is 0 Å². The van der Waals surface area contributed by atoms with E-state index in [-0.39, 0.29) is 30.2 Å². The lowest BCUT2D eigenvalue weighted by atomic mass is 10.1. The predicted octanol–water partition coefficient (Wildman–Crippen LogP) is 3.20. The molecule has 8 nitrogen and oxygen atoms in total. The van der Waals surface area contributed by atoms with Crippen LogP contribution in [-0.4, -0.2) is 88.1 Å². The van der Waals surface area contributed by atoms with Crippen molar-refractivity contribution in [2.45, 2.75) is 62.7 Å². The number of rotatable bonds is 6. The minimum absolute atomic E-state index is 0.0314. The molecule has 1 aromatic carbocycles. The van der Waals surface area contributed by atoms with Gasteiger partial charge in [0.25, 0.3) is 11.8 Å². The minimum Gasteiger partial charge on any atom is -0.351 e. The normalized spacial score (nSPS) is 25.3. The molecule has 0 aliphatic carbocycles. The van der Waals surface area contributed by atoms with Crippen LogP contribution in [0.5, 0.6) is 0 Å². The zero-order chi connectivity index (χ0) is 24.2. The van der Waals surface area contributed by atoms with Crippen molar-refractivity contribution in [3.63, 3.8) is 0 Å². The average Bonchev–Trinajstić information content (AvgIpc) is 3.62. The van der Waals surface area contributed by atoms with Gasteiger partial charge in [-0.2, -0.15) is 4.99 Å². The Bertz CT molecular complexity index is 987. The number of benzene rings is 1. The molecule has 0 radical (unpaired) electrons. The molecule has 2 unspecified atom stereocenters. The first kappa shape index (κ1) is 24.3. The third kappa shape index (κ3) is 5.89. The zero-order valence-corrected chi connectivity index (χ0v) is 21.1. The van der Waals surface area contributed by atoms with Crippen molar-refractivity contribution in [1.82, 2.24) is 14.7 Å². The number of carbonyl (C=O) groups excluding carboxylic acids is 3. The lowest BCUT2D eigenvalue weighted by Crippen LogP contribution is -2.42. The van der Waals surface area contributed by atoms with Crippen LogP contribution in [0.25, 0.3) is 0 Å². The molecule has 1 aromatic rings. The molecule has 0 saturated carbocycles. The number of piperidine rings is 1. The van der Waals surface area contributed by atoms with Gasteiger partial charge < -0.3 is 20.0 Å². The molecule has 3 fully saturated rings. The van der Waals surface area contributed by atoms with Crippen molar-refractivity contribution in [2.24, 2.45) is 4.99 Å². The molecule has 0 bridgehead atoms. The zero-order valence-electron chi connectivity index (χ0n) is 20.3. The molecule has 9 heteroatoms. The number of hydrogen-bond acceptors (Lipinski definition) is 6. The number of nitrogens with zero attached hydrogens (tertiary/aromatic N) is 4. The Morgan fingerprint density at radius 1 is 1.00 bits per heavy atom. The van der Waals surface area contributed by atoms with Crippen molar-refractivity contribution >= 4 is 40.3 Å². The van der Waals surface area contributed by atoms with Crippen LogP contribution >= 0.6 is 11.8 Å². The van der Waals surface area contributed by atoms with Crippen molar-refractivity contribution in [1.29, 1.82) is 0 Å². The number of amidine groups is 1. The van der Waals surface area contributed by atoms with Gasteiger partial charge in [-0.3, -0.25) is 14.4 Å². The van der Waals surface area contributed by atoms with E-state index in [4.69, 9.17) is 0 Å². The number of carbonyl (C=O) groups is 3. The van der Waals surface area contributed by atoms with Crippen LogP contribution < -0.4 is 5.32 Å². The van der Waals surface area contributed by atoms with E-state index in [2.05, 4.69) is 20.1 Å². The molecular weight excluding hydrogens is 462 g/mol. The first-order valence-electron chi connectivity index (χ1n) is 13.0. The van der Waals surface area contributed by atoms with Crippen LogP contribution in [-0.2, 0) is 9.59 Å². The molecule has 2 atom stereocenters. The summed E-state index contributed by atoms with van der Waals surface area (Å²) in [4.78, 5) is 49.3. The quantitative estimate of drug-likeness (QED) is 0.650. The summed E-state index contributed by atoms with van der Waals surface area (Å²) in [6.07, 6.45) is 8.11. The van der Waals surface area contributed by atoms with E-state index in [0.717, 1.165) is 70.1 Å². The Hall–Kier alpha value is -2.39. The Kier molecular flexibility index (Phi) is 7.72. The second-order valence-corrected chi connectivity index (χ2v) is 11.2. The SMILES string of the molecule is O=C(CC1SC(N2CCCCC2)=NC1=O)Nc1cccc(C(=O)N2CCCC2CN2CCCC2)c1. The topological polar surface area (TPSA) is 85.3 Å². The van der Waals surface area contributed by atoms with Crippen LogP contribution in [0.1, 0.15) is 61.7 Å². The molecule has 4 aliphatic rings. The Morgan fingerprint density at radius 2 is 1.77 bits per heavy atom. The Morgan fingerprint density at radius 3 is 2.57 bits per heavy atom. The average molecular weight is 498 g/mol. The van der Waals surface area contributed by atoms with Gasteiger partial charge in [0, 0.05) is 49.9 Å². The van der Waals surface area contributed by atoms with Crippen molar-refractivity contribution < 1.29 is 14.4 Å². The smallest absolute Gasteiger partial charge is 0.262 e. The number of nitrogens with one attached hydrogen (secondary N) is 1. The number of likely N-dealkylation sites (tertiary alicyclic amines) is 3. The highest BCUT2D eigenvalue weighted by molar-refractivity contribution is 8.15. The van der Waals surface area contributed by atoms with Gasteiger partial charge in [-0.25, -0.2) is 0 Å². The van der Waals surface area contributed by atoms with Gasteiger partial charge in [-0.05, 0) is 76.2 Å².